The highest BCUT2D eigenvalue weighted by molar-refractivity contribution is 7.16. The van der Waals surface area contributed by atoms with Crippen LogP contribution < -0.4 is 5.73 Å². The molecular formula is C10H6ClFN2OS. The Morgan fingerprint density at radius 3 is 2.75 bits per heavy atom. The highest BCUT2D eigenvalue weighted by atomic mass is 35.5. The fourth-order valence-electron chi connectivity index (χ4n) is 1.20. The number of aromatic nitrogens is 1. The Hall–Kier alpha value is -1.46. The lowest BCUT2D eigenvalue weighted by atomic mass is 10.2. The van der Waals surface area contributed by atoms with Gasteiger partial charge in [-0.15, -0.1) is 11.3 Å². The summed E-state index contributed by atoms with van der Waals surface area (Å²) in [6.45, 7) is 0. The Morgan fingerprint density at radius 1 is 1.44 bits per heavy atom. The number of hydrogen-bond acceptors (Lipinski definition) is 3. The number of carbonyl (C=O) groups is 1. The zero-order chi connectivity index (χ0) is 11.7. The van der Waals surface area contributed by atoms with Crippen LogP contribution in [0, 0.1) is 5.82 Å². The van der Waals surface area contributed by atoms with Gasteiger partial charge in [0.1, 0.15) is 15.7 Å². The normalized spacial score (nSPS) is 10.4. The molecule has 3 nitrogen and oxygen atoms in total. The number of primary amides is 1. The molecule has 1 aromatic carbocycles. The molecule has 1 heterocycles. The van der Waals surface area contributed by atoms with Gasteiger partial charge in [0, 0.05) is 10.6 Å². The van der Waals surface area contributed by atoms with Crippen molar-refractivity contribution in [1.29, 1.82) is 0 Å². The van der Waals surface area contributed by atoms with E-state index < -0.39 is 11.7 Å². The summed E-state index contributed by atoms with van der Waals surface area (Å²) in [5.41, 5.74) is 5.63. The average molecular weight is 257 g/mol. The number of rotatable bonds is 2. The Kier molecular flexibility index (Phi) is 2.89. The van der Waals surface area contributed by atoms with E-state index in [1.165, 1.54) is 18.3 Å². The number of nitrogens with two attached hydrogens (primary N) is 1. The first-order chi connectivity index (χ1) is 7.56. The SMILES string of the molecule is NC(=O)c1cnc(-c2cc(F)cc(Cl)c2)s1. The van der Waals surface area contributed by atoms with E-state index in [9.17, 15) is 9.18 Å². The van der Waals surface area contributed by atoms with Gasteiger partial charge < -0.3 is 5.73 Å². The maximum atomic E-state index is 13.1. The van der Waals surface area contributed by atoms with Crippen LogP contribution in [-0.4, -0.2) is 10.9 Å². The predicted molar refractivity (Wildman–Crippen MR) is 61.0 cm³/mol. The zero-order valence-corrected chi connectivity index (χ0v) is 9.48. The molecule has 2 rings (SSSR count). The molecule has 0 saturated heterocycles. The second-order valence-corrected chi connectivity index (χ2v) is 4.52. The van der Waals surface area contributed by atoms with Gasteiger partial charge in [0.15, 0.2) is 0 Å². The van der Waals surface area contributed by atoms with E-state index >= 15 is 0 Å². The van der Waals surface area contributed by atoms with Gasteiger partial charge in [-0.3, -0.25) is 4.79 Å². The minimum absolute atomic E-state index is 0.283. The number of amides is 1. The van der Waals surface area contributed by atoms with Crippen molar-refractivity contribution >= 4 is 28.8 Å². The third-order valence-electron chi connectivity index (χ3n) is 1.86. The molecule has 0 aliphatic heterocycles. The maximum absolute atomic E-state index is 13.1. The van der Waals surface area contributed by atoms with E-state index in [1.807, 2.05) is 0 Å². The molecule has 0 unspecified atom stereocenters. The van der Waals surface area contributed by atoms with Gasteiger partial charge in [-0.05, 0) is 18.2 Å². The van der Waals surface area contributed by atoms with Crippen LogP contribution in [0.2, 0.25) is 5.02 Å². The molecule has 0 aliphatic rings. The molecule has 0 spiro atoms. The predicted octanol–water partition coefficient (Wildman–Crippen LogP) is 2.70. The van der Waals surface area contributed by atoms with Crippen LogP contribution in [0.4, 0.5) is 4.39 Å². The molecule has 1 aromatic heterocycles. The van der Waals surface area contributed by atoms with Crippen LogP contribution >= 0.6 is 22.9 Å². The molecule has 6 heteroatoms. The Labute approximate surface area is 99.7 Å². The number of halogens is 2. The summed E-state index contributed by atoms with van der Waals surface area (Å²) in [5, 5.41) is 0.793. The standard InChI is InChI=1S/C10H6ClFN2OS/c11-6-1-5(2-7(12)3-6)10-14-4-8(16-10)9(13)15/h1-4H,(H2,13,15). The van der Waals surface area contributed by atoms with Crippen molar-refractivity contribution in [2.75, 3.05) is 0 Å². The van der Waals surface area contributed by atoms with Crippen molar-refractivity contribution in [3.05, 3.63) is 40.1 Å². The van der Waals surface area contributed by atoms with E-state index in [-0.39, 0.29) is 5.02 Å². The fourth-order valence-corrected chi connectivity index (χ4v) is 2.18. The molecule has 0 radical (unpaired) electrons. The number of thiazole rings is 1. The summed E-state index contributed by atoms with van der Waals surface area (Å²) in [6, 6.07) is 4.08. The maximum Gasteiger partial charge on any atom is 0.260 e. The van der Waals surface area contributed by atoms with E-state index in [2.05, 4.69) is 4.98 Å². The van der Waals surface area contributed by atoms with Crippen molar-refractivity contribution in [2.45, 2.75) is 0 Å². The summed E-state index contributed by atoms with van der Waals surface area (Å²) < 4.78 is 13.1. The number of hydrogen-bond donors (Lipinski definition) is 1. The summed E-state index contributed by atoms with van der Waals surface area (Å²) in [6.07, 6.45) is 1.36. The molecule has 0 aliphatic carbocycles. The minimum atomic E-state index is -0.550. The van der Waals surface area contributed by atoms with Gasteiger partial charge in [0.25, 0.3) is 5.91 Å². The lowest BCUT2D eigenvalue weighted by Crippen LogP contribution is -2.08. The van der Waals surface area contributed by atoms with Crippen molar-refractivity contribution in [3.8, 4) is 10.6 Å². The van der Waals surface area contributed by atoms with Gasteiger partial charge in [0.2, 0.25) is 0 Å². The van der Waals surface area contributed by atoms with Crippen LogP contribution in [0.25, 0.3) is 10.6 Å². The number of carbonyl (C=O) groups excluding carboxylic acids is 1. The molecular weight excluding hydrogens is 251 g/mol. The van der Waals surface area contributed by atoms with Gasteiger partial charge in [0.05, 0.1) is 6.20 Å². The van der Waals surface area contributed by atoms with Crippen molar-refractivity contribution < 1.29 is 9.18 Å². The molecule has 2 aromatic rings. The molecule has 82 valence electrons. The minimum Gasteiger partial charge on any atom is -0.365 e. The van der Waals surface area contributed by atoms with Gasteiger partial charge in [-0.25, -0.2) is 9.37 Å². The first-order valence-corrected chi connectivity index (χ1v) is 5.48. The molecule has 1 amide bonds. The molecule has 2 N–H and O–H groups in total. The molecule has 16 heavy (non-hydrogen) atoms. The number of nitrogens with zero attached hydrogens (tertiary/aromatic N) is 1. The summed E-state index contributed by atoms with van der Waals surface area (Å²) in [4.78, 5) is 15.2. The zero-order valence-electron chi connectivity index (χ0n) is 7.91. The second kappa shape index (κ2) is 4.19. The van der Waals surface area contributed by atoms with Crippen LogP contribution in [0.15, 0.2) is 24.4 Å². The van der Waals surface area contributed by atoms with E-state index in [0.29, 0.717) is 15.4 Å². The summed E-state index contributed by atoms with van der Waals surface area (Å²) >= 11 is 6.82. The van der Waals surface area contributed by atoms with E-state index in [4.69, 9.17) is 17.3 Å². The average Bonchev–Trinajstić information content (AvgIpc) is 2.64. The third-order valence-corrected chi connectivity index (χ3v) is 3.14. The van der Waals surface area contributed by atoms with Gasteiger partial charge in [-0.1, -0.05) is 11.6 Å². The lowest BCUT2D eigenvalue weighted by molar-refractivity contribution is 0.100. The quantitative estimate of drug-likeness (QED) is 0.898. The van der Waals surface area contributed by atoms with Crippen molar-refractivity contribution in [2.24, 2.45) is 5.73 Å². The highest BCUT2D eigenvalue weighted by Gasteiger charge is 2.10. The van der Waals surface area contributed by atoms with Crippen molar-refractivity contribution in [3.63, 3.8) is 0 Å². The van der Waals surface area contributed by atoms with Gasteiger partial charge in [-0.2, -0.15) is 0 Å². The molecule has 0 fully saturated rings. The first kappa shape index (κ1) is 11.0. The van der Waals surface area contributed by atoms with Crippen LogP contribution in [0.5, 0.6) is 0 Å². The topological polar surface area (TPSA) is 56.0 Å². The van der Waals surface area contributed by atoms with Crippen LogP contribution in [-0.2, 0) is 0 Å². The second-order valence-electron chi connectivity index (χ2n) is 3.05. The molecule has 0 bridgehead atoms. The Bertz CT molecular complexity index is 535. The van der Waals surface area contributed by atoms with Gasteiger partial charge >= 0.3 is 0 Å². The Balaban J connectivity index is 2.46. The van der Waals surface area contributed by atoms with Crippen LogP contribution in [0.1, 0.15) is 9.67 Å². The lowest BCUT2D eigenvalue weighted by Gasteiger charge is -1.97. The summed E-state index contributed by atoms with van der Waals surface area (Å²) in [7, 11) is 0. The fraction of sp³-hybridized carbons (Fsp3) is 0. The molecule has 0 atom stereocenters. The summed E-state index contributed by atoms with van der Waals surface area (Å²) in [5.74, 6) is -0.996. The van der Waals surface area contributed by atoms with Crippen LogP contribution in [0.3, 0.4) is 0 Å². The monoisotopic (exact) mass is 256 g/mol. The van der Waals surface area contributed by atoms with E-state index in [0.717, 1.165) is 11.3 Å². The smallest absolute Gasteiger partial charge is 0.260 e. The molecule has 0 saturated carbocycles. The largest absolute Gasteiger partial charge is 0.365 e. The van der Waals surface area contributed by atoms with E-state index in [1.54, 1.807) is 6.07 Å². The first-order valence-electron chi connectivity index (χ1n) is 4.28. The van der Waals surface area contributed by atoms with Crippen molar-refractivity contribution in [1.82, 2.24) is 4.98 Å². The number of benzene rings is 1. The third kappa shape index (κ3) is 2.20. The highest BCUT2D eigenvalue weighted by Crippen LogP contribution is 2.27. The Morgan fingerprint density at radius 2 is 2.19 bits per heavy atom.